The molecule has 0 amide bonds. The molecule has 0 bridgehead atoms. The van der Waals surface area contributed by atoms with Gasteiger partial charge in [0, 0.05) is 17.5 Å². The van der Waals surface area contributed by atoms with E-state index < -0.39 is 0 Å². The molecule has 4 atom stereocenters. The van der Waals surface area contributed by atoms with Crippen molar-refractivity contribution in [2.24, 2.45) is 5.92 Å². The Morgan fingerprint density at radius 3 is 2.57 bits per heavy atom. The van der Waals surface area contributed by atoms with Crippen molar-refractivity contribution in [2.75, 3.05) is 0 Å². The minimum atomic E-state index is -0.296. The number of aliphatic hydroxyl groups excluding tert-OH is 1. The summed E-state index contributed by atoms with van der Waals surface area (Å²) in [5, 5.41) is 14.2. The van der Waals surface area contributed by atoms with E-state index in [0.29, 0.717) is 6.04 Å². The normalized spacial score (nSPS) is 36.8. The summed E-state index contributed by atoms with van der Waals surface area (Å²) in [5.41, 5.74) is -0.00207. The van der Waals surface area contributed by atoms with E-state index in [1.165, 1.54) is 12.8 Å². The largest absolute Gasteiger partial charge is 0.392 e. The monoisotopic (exact) mass is 283 g/mol. The Labute approximate surface area is 128 Å². The van der Waals surface area contributed by atoms with Crippen LogP contribution in [-0.4, -0.2) is 22.8 Å². The number of terminal acetylenes is 2. The maximum Gasteiger partial charge on any atom is 0.0620 e. The number of rotatable bonds is 3. The lowest BCUT2D eigenvalue weighted by molar-refractivity contribution is 0.00394. The smallest absolute Gasteiger partial charge is 0.0620 e. The first-order valence-electron chi connectivity index (χ1n) is 7.91. The molecule has 1 saturated carbocycles. The Morgan fingerprint density at radius 1 is 1.14 bits per heavy atom. The van der Waals surface area contributed by atoms with E-state index in [-0.39, 0.29) is 17.6 Å². The Kier molecular flexibility index (Phi) is 5.68. The maximum atomic E-state index is 10.4. The van der Waals surface area contributed by atoms with Gasteiger partial charge in [0.15, 0.2) is 0 Å². The zero-order valence-electron chi connectivity index (χ0n) is 12.6. The third-order valence-corrected chi connectivity index (χ3v) is 4.88. The van der Waals surface area contributed by atoms with Gasteiger partial charge in [0.05, 0.1) is 6.10 Å². The molecule has 2 nitrogen and oxygen atoms in total. The first-order chi connectivity index (χ1) is 10.2. The molecule has 1 aliphatic carbocycles. The summed E-state index contributed by atoms with van der Waals surface area (Å²) in [4.78, 5) is 0. The molecule has 0 aromatic rings. The molecule has 0 aromatic heterocycles. The molecule has 1 spiro atoms. The Hall–Kier alpha value is -1.48. The maximum absolute atomic E-state index is 10.4. The molecule has 1 saturated heterocycles. The molecule has 21 heavy (non-hydrogen) atoms. The van der Waals surface area contributed by atoms with Crippen molar-refractivity contribution in [3.63, 3.8) is 0 Å². The minimum absolute atomic E-state index is 0.00207. The average molecular weight is 283 g/mol. The molecule has 0 aromatic carbocycles. The fraction of sp³-hybridized carbons (Fsp3) is 0.579. The van der Waals surface area contributed by atoms with Gasteiger partial charge in [-0.15, -0.1) is 12.8 Å². The van der Waals surface area contributed by atoms with E-state index in [9.17, 15) is 5.11 Å². The van der Waals surface area contributed by atoms with E-state index in [1.54, 1.807) is 12.2 Å². The molecule has 2 heteroatoms. The van der Waals surface area contributed by atoms with Gasteiger partial charge in [0.2, 0.25) is 0 Å². The number of aliphatic hydroxyl groups is 1. The molecular formula is C19H25NO. The molecule has 2 rings (SSSR count). The van der Waals surface area contributed by atoms with E-state index >= 15 is 0 Å². The lowest BCUT2D eigenvalue weighted by Gasteiger charge is -2.51. The first kappa shape index (κ1) is 15.9. The fourth-order valence-corrected chi connectivity index (χ4v) is 3.96. The van der Waals surface area contributed by atoms with Crippen molar-refractivity contribution in [2.45, 2.75) is 62.6 Å². The van der Waals surface area contributed by atoms with Gasteiger partial charge in [0.25, 0.3) is 0 Å². The third-order valence-electron chi connectivity index (χ3n) is 4.88. The van der Waals surface area contributed by atoms with Crippen molar-refractivity contribution in [1.82, 2.24) is 5.32 Å². The molecule has 1 heterocycles. The summed E-state index contributed by atoms with van der Waals surface area (Å²) in [6.45, 7) is 0. The highest BCUT2D eigenvalue weighted by Crippen LogP contribution is 2.41. The SMILES string of the molecule is C#C/C=C/C[C@H]1CCC[C@]2(CCC[C@H](O)[C@H]2/C=C/C#C)N1. The minimum Gasteiger partial charge on any atom is -0.392 e. The number of nitrogens with one attached hydrogen (secondary N) is 1. The molecule has 1 aliphatic heterocycles. The molecule has 112 valence electrons. The van der Waals surface area contributed by atoms with Crippen LogP contribution < -0.4 is 5.32 Å². The molecule has 2 fully saturated rings. The van der Waals surface area contributed by atoms with Gasteiger partial charge < -0.3 is 10.4 Å². The Balaban J connectivity index is 2.13. The van der Waals surface area contributed by atoms with Crippen LogP contribution in [0.1, 0.15) is 44.9 Å². The van der Waals surface area contributed by atoms with Crippen molar-refractivity contribution in [3.8, 4) is 24.7 Å². The van der Waals surface area contributed by atoms with Crippen molar-refractivity contribution < 1.29 is 5.11 Å². The van der Waals surface area contributed by atoms with Gasteiger partial charge >= 0.3 is 0 Å². The van der Waals surface area contributed by atoms with Crippen LogP contribution in [0.2, 0.25) is 0 Å². The lowest BCUT2D eigenvalue weighted by Crippen LogP contribution is -2.61. The van der Waals surface area contributed by atoms with Gasteiger partial charge in [-0.1, -0.05) is 30.4 Å². The fourth-order valence-electron chi connectivity index (χ4n) is 3.96. The van der Waals surface area contributed by atoms with Crippen molar-refractivity contribution in [3.05, 3.63) is 24.3 Å². The zero-order chi connectivity index (χ0) is 15.1. The van der Waals surface area contributed by atoms with Crippen LogP contribution in [-0.2, 0) is 0 Å². The van der Waals surface area contributed by atoms with Crippen molar-refractivity contribution >= 4 is 0 Å². The number of hydrogen-bond donors (Lipinski definition) is 2. The summed E-state index contributed by atoms with van der Waals surface area (Å²) in [7, 11) is 0. The van der Waals surface area contributed by atoms with Crippen LogP contribution >= 0.6 is 0 Å². The summed E-state index contributed by atoms with van der Waals surface area (Å²) < 4.78 is 0. The van der Waals surface area contributed by atoms with Gasteiger partial charge in [-0.25, -0.2) is 0 Å². The van der Waals surface area contributed by atoms with E-state index in [1.807, 2.05) is 6.08 Å². The second kappa shape index (κ2) is 7.51. The third kappa shape index (κ3) is 3.79. The van der Waals surface area contributed by atoms with Gasteiger partial charge in [-0.2, -0.15) is 0 Å². The van der Waals surface area contributed by atoms with Crippen LogP contribution in [0.3, 0.4) is 0 Å². The number of hydrogen-bond acceptors (Lipinski definition) is 2. The summed E-state index contributed by atoms with van der Waals surface area (Å²) in [6, 6.07) is 0.440. The Morgan fingerprint density at radius 2 is 1.86 bits per heavy atom. The summed E-state index contributed by atoms with van der Waals surface area (Å²) >= 11 is 0. The van der Waals surface area contributed by atoms with Crippen LogP contribution in [0.25, 0.3) is 0 Å². The lowest BCUT2D eigenvalue weighted by atomic mass is 9.66. The second-order valence-corrected chi connectivity index (χ2v) is 6.21. The second-order valence-electron chi connectivity index (χ2n) is 6.21. The van der Waals surface area contributed by atoms with Crippen LogP contribution in [0, 0.1) is 30.6 Å². The zero-order valence-corrected chi connectivity index (χ0v) is 12.6. The molecule has 2 N–H and O–H groups in total. The first-order valence-corrected chi connectivity index (χ1v) is 7.91. The van der Waals surface area contributed by atoms with E-state index in [2.05, 4.69) is 23.2 Å². The quantitative estimate of drug-likeness (QED) is 0.781. The number of allylic oxidation sites excluding steroid dienone is 2. The highest BCUT2D eigenvalue weighted by Gasteiger charge is 2.45. The molecule has 2 aliphatic rings. The van der Waals surface area contributed by atoms with E-state index in [4.69, 9.17) is 12.8 Å². The van der Waals surface area contributed by atoms with Crippen LogP contribution in [0.5, 0.6) is 0 Å². The molecule has 0 unspecified atom stereocenters. The van der Waals surface area contributed by atoms with Gasteiger partial charge in [-0.05, 0) is 50.7 Å². The van der Waals surface area contributed by atoms with Crippen LogP contribution in [0.15, 0.2) is 24.3 Å². The van der Waals surface area contributed by atoms with Crippen molar-refractivity contribution in [1.29, 1.82) is 0 Å². The topological polar surface area (TPSA) is 32.3 Å². The molecule has 0 radical (unpaired) electrons. The van der Waals surface area contributed by atoms with Gasteiger partial charge in [-0.3, -0.25) is 0 Å². The predicted octanol–water partition coefficient (Wildman–Crippen LogP) is 2.80. The average Bonchev–Trinajstić information content (AvgIpc) is 2.47. The molecular weight excluding hydrogens is 258 g/mol. The van der Waals surface area contributed by atoms with Crippen LogP contribution in [0.4, 0.5) is 0 Å². The highest BCUT2D eigenvalue weighted by molar-refractivity contribution is 5.18. The summed E-state index contributed by atoms with van der Waals surface area (Å²) in [6.07, 6.45) is 25.4. The summed E-state index contributed by atoms with van der Waals surface area (Å²) in [5.74, 6) is 5.21. The van der Waals surface area contributed by atoms with Gasteiger partial charge in [0.1, 0.15) is 0 Å². The standard InChI is InChI=1S/C19H25NO/c1-3-5-7-10-16-11-8-14-19(20-16)15-9-13-18(21)17(19)12-6-4-2/h1-2,5-7,12,16-18,20-21H,8-11,13-15H2/b7-5+,12-6+/t16-,17+,18-,19+/m0/s1. The van der Waals surface area contributed by atoms with E-state index in [0.717, 1.165) is 32.1 Å². The predicted molar refractivity (Wildman–Crippen MR) is 87.4 cm³/mol. The highest BCUT2D eigenvalue weighted by atomic mass is 16.3. The number of piperidine rings is 1. The Bertz CT molecular complexity index is 475.